The molecule has 0 amide bonds. The maximum atomic E-state index is 10.00. The van der Waals surface area contributed by atoms with Crippen molar-refractivity contribution in [3.8, 4) is 11.5 Å². The number of aliphatic hydroxyl groups excluding tert-OH is 1. The van der Waals surface area contributed by atoms with Crippen molar-refractivity contribution in [2.24, 2.45) is 11.1 Å². The van der Waals surface area contributed by atoms with Gasteiger partial charge in [0, 0.05) is 6.04 Å². The molecule has 0 bridgehead atoms. The van der Waals surface area contributed by atoms with Crippen molar-refractivity contribution in [2.45, 2.75) is 39.3 Å². The van der Waals surface area contributed by atoms with Gasteiger partial charge in [0.2, 0.25) is 0 Å². The number of aromatic hydroxyl groups is 2. The van der Waals surface area contributed by atoms with Gasteiger partial charge in [0.1, 0.15) is 0 Å². The first-order valence-corrected chi connectivity index (χ1v) is 5.67. The van der Waals surface area contributed by atoms with Crippen molar-refractivity contribution in [1.29, 1.82) is 0 Å². The second-order valence-corrected chi connectivity index (χ2v) is 5.47. The van der Waals surface area contributed by atoms with Crippen molar-refractivity contribution in [1.82, 2.24) is 0 Å². The molecule has 0 aromatic heterocycles. The van der Waals surface area contributed by atoms with E-state index in [1.54, 1.807) is 6.07 Å². The molecule has 1 aromatic carbocycles. The summed E-state index contributed by atoms with van der Waals surface area (Å²) < 4.78 is 0. The molecule has 0 radical (unpaired) electrons. The topological polar surface area (TPSA) is 86.7 Å². The Morgan fingerprint density at radius 2 is 1.76 bits per heavy atom. The molecule has 0 heterocycles. The summed E-state index contributed by atoms with van der Waals surface area (Å²) in [7, 11) is 0. The molecule has 96 valence electrons. The van der Waals surface area contributed by atoms with Crippen molar-refractivity contribution in [3.05, 3.63) is 23.8 Å². The van der Waals surface area contributed by atoms with Crippen LogP contribution in [0.3, 0.4) is 0 Å². The summed E-state index contributed by atoms with van der Waals surface area (Å²) in [5.74, 6) is -0.424. The standard InChI is InChI=1S/C13H21NO3/c1-13(2,3)12(14)7-10(16)8-4-5-9(15)11(17)6-8/h4-6,10,12,15-17H,7,14H2,1-3H3/t10-,12-/m1/s1. The highest BCUT2D eigenvalue weighted by atomic mass is 16.3. The van der Waals surface area contributed by atoms with E-state index in [0.29, 0.717) is 12.0 Å². The van der Waals surface area contributed by atoms with Gasteiger partial charge in [0.05, 0.1) is 6.10 Å². The maximum absolute atomic E-state index is 10.00. The van der Waals surface area contributed by atoms with Crippen LogP contribution in [0.1, 0.15) is 38.9 Å². The first-order valence-electron chi connectivity index (χ1n) is 5.67. The highest BCUT2D eigenvalue weighted by molar-refractivity contribution is 5.41. The van der Waals surface area contributed by atoms with E-state index in [2.05, 4.69) is 0 Å². The zero-order valence-electron chi connectivity index (χ0n) is 10.5. The predicted octanol–water partition coefficient (Wildman–Crippen LogP) is 1.89. The summed E-state index contributed by atoms with van der Waals surface area (Å²) in [5, 5.41) is 28.5. The van der Waals surface area contributed by atoms with Crippen LogP contribution in [0.2, 0.25) is 0 Å². The molecule has 5 N–H and O–H groups in total. The van der Waals surface area contributed by atoms with E-state index in [9.17, 15) is 15.3 Å². The molecule has 2 atom stereocenters. The average Bonchev–Trinajstić information content (AvgIpc) is 2.20. The van der Waals surface area contributed by atoms with E-state index in [1.807, 2.05) is 20.8 Å². The van der Waals surface area contributed by atoms with Crippen LogP contribution in [0.15, 0.2) is 18.2 Å². The fourth-order valence-corrected chi connectivity index (χ4v) is 1.48. The lowest BCUT2D eigenvalue weighted by molar-refractivity contribution is 0.133. The highest BCUT2D eigenvalue weighted by Crippen LogP contribution is 2.31. The summed E-state index contributed by atoms with van der Waals surface area (Å²) in [5.41, 5.74) is 6.46. The van der Waals surface area contributed by atoms with Gasteiger partial charge in [-0.1, -0.05) is 26.8 Å². The van der Waals surface area contributed by atoms with Crippen LogP contribution in [0.4, 0.5) is 0 Å². The van der Waals surface area contributed by atoms with Gasteiger partial charge in [-0.25, -0.2) is 0 Å². The molecule has 0 fully saturated rings. The van der Waals surface area contributed by atoms with Gasteiger partial charge in [0.25, 0.3) is 0 Å². The summed E-state index contributed by atoms with van der Waals surface area (Å²) in [6, 6.07) is 4.15. The normalized spacial score (nSPS) is 15.6. The molecular weight excluding hydrogens is 218 g/mol. The summed E-state index contributed by atoms with van der Waals surface area (Å²) in [6.07, 6.45) is -0.330. The SMILES string of the molecule is CC(C)(C)[C@H](N)C[C@@H](O)c1ccc(O)c(O)c1. The Labute approximate surface area is 102 Å². The fraction of sp³-hybridized carbons (Fsp3) is 0.538. The molecular formula is C13H21NO3. The molecule has 1 rings (SSSR count). The zero-order valence-corrected chi connectivity index (χ0v) is 10.5. The van der Waals surface area contributed by atoms with Gasteiger partial charge in [-0.15, -0.1) is 0 Å². The lowest BCUT2D eigenvalue weighted by Crippen LogP contribution is -2.36. The molecule has 4 nitrogen and oxygen atoms in total. The van der Waals surface area contributed by atoms with Crippen molar-refractivity contribution >= 4 is 0 Å². The summed E-state index contributed by atoms with van der Waals surface area (Å²) in [6.45, 7) is 6.04. The zero-order chi connectivity index (χ0) is 13.2. The smallest absolute Gasteiger partial charge is 0.157 e. The molecule has 0 saturated carbocycles. The van der Waals surface area contributed by atoms with Crippen LogP contribution >= 0.6 is 0 Å². The van der Waals surface area contributed by atoms with E-state index in [-0.39, 0.29) is 23.0 Å². The van der Waals surface area contributed by atoms with E-state index in [4.69, 9.17) is 5.73 Å². The van der Waals surface area contributed by atoms with E-state index >= 15 is 0 Å². The lowest BCUT2D eigenvalue weighted by atomic mass is 9.83. The number of nitrogens with two attached hydrogens (primary N) is 1. The molecule has 0 aliphatic carbocycles. The van der Waals surface area contributed by atoms with E-state index in [1.165, 1.54) is 12.1 Å². The Bertz CT molecular complexity index is 385. The highest BCUT2D eigenvalue weighted by Gasteiger charge is 2.24. The van der Waals surface area contributed by atoms with Gasteiger partial charge < -0.3 is 21.1 Å². The molecule has 0 unspecified atom stereocenters. The minimum absolute atomic E-state index is 0.0834. The molecule has 0 aliphatic heterocycles. The monoisotopic (exact) mass is 239 g/mol. The largest absolute Gasteiger partial charge is 0.504 e. The molecule has 0 saturated heterocycles. The molecule has 17 heavy (non-hydrogen) atoms. The number of hydrogen-bond donors (Lipinski definition) is 4. The van der Waals surface area contributed by atoms with Gasteiger partial charge in [-0.05, 0) is 29.5 Å². The Kier molecular flexibility index (Phi) is 4.01. The van der Waals surface area contributed by atoms with Crippen LogP contribution in [0.5, 0.6) is 11.5 Å². The molecule has 4 heteroatoms. The van der Waals surface area contributed by atoms with Crippen molar-refractivity contribution in [3.63, 3.8) is 0 Å². The lowest BCUT2D eigenvalue weighted by Gasteiger charge is -2.29. The number of phenolic OH excluding ortho intramolecular Hbond substituents is 2. The Morgan fingerprint density at radius 1 is 1.18 bits per heavy atom. The quantitative estimate of drug-likeness (QED) is 0.607. The average molecular weight is 239 g/mol. The van der Waals surface area contributed by atoms with Gasteiger partial charge in [0.15, 0.2) is 11.5 Å². The number of benzene rings is 1. The molecule has 0 aliphatic rings. The predicted molar refractivity (Wildman–Crippen MR) is 66.8 cm³/mol. The minimum Gasteiger partial charge on any atom is -0.504 e. The van der Waals surface area contributed by atoms with E-state index in [0.717, 1.165) is 0 Å². The number of aliphatic hydroxyl groups is 1. The van der Waals surface area contributed by atoms with Gasteiger partial charge in [-0.2, -0.15) is 0 Å². The Morgan fingerprint density at radius 3 is 2.24 bits per heavy atom. The van der Waals surface area contributed by atoms with Crippen LogP contribution in [-0.2, 0) is 0 Å². The second kappa shape index (κ2) is 4.94. The molecule has 1 aromatic rings. The third-order valence-electron chi connectivity index (χ3n) is 2.97. The Hall–Kier alpha value is -1.26. The number of phenols is 2. The minimum atomic E-state index is -0.740. The van der Waals surface area contributed by atoms with Crippen molar-refractivity contribution < 1.29 is 15.3 Å². The van der Waals surface area contributed by atoms with Gasteiger partial charge in [-0.3, -0.25) is 0 Å². The first-order chi connectivity index (χ1) is 7.71. The van der Waals surface area contributed by atoms with Crippen LogP contribution in [0.25, 0.3) is 0 Å². The summed E-state index contributed by atoms with van der Waals surface area (Å²) >= 11 is 0. The second-order valence-electron chi connectivity index (χ2n) is 5.47. The van der Waals surface area contributed by atoms with Crippen LogP contribution < -0.4 is 5.73 Å². The maximum Gasteiger partial charge on any atom is 0.157 e. The fourth-order valence-electron chi connectivity index (χ4n) is 1.48. The third kappa shape index (κ3) is 3.61. The first kappa shape index (κ1) is 13.8. The number of rotatable bonds is 3. The summed E-state index contributed by atoms with van der Waals surface area (Å²) in [4.78, 5) is 0. The van der Waals surface area contributed by atoms with Crippen LogP contribution in [-0.4, -0.2) is 21.4 Å². The van der Waals surface area contributed by atoms with Gasteiger partial charge >= 0.3 is 0 Å². The van der Waals surface area contributed by atoms with Crippen LogP contribution in [0, 0.1) is 5.41 Å². The van der Waals surface area contributed by atoms with E-state index < -0.39 is 6.10 Å². The third-order valence-corrected chi connectivity index (χ3v) is 2.97. The molecule has 0 spiro atoms. The Balaban J connectivity index is 2.76. The van der Waals surface area contributed by atoms with Crippen molar-refractivity contribution in [2.75, 3.05) is 0 Å². The number of hydrogen-bond acceptors (Lipinski definition) is 4.